The lowest BCUT2D eigenvalue weighted by Gasteiger charge is -2.08. The number of ether oxygens (including phenoxy) is 1. The van der Waals surface area contributed by atoms with Gasteiger partial charge in [-0.05, 0) is 34.1 Å². The molecule has 0 aliphatic rings. The van der Waals surface area contributed by atoms with Gasteiger partial charge < -0.3 is 14.6 Å². The summed E-state index contributed by atoms with van der Waals surface area (Å²) in [7, 11) is 0. The molecule has 23 heavy (non-hydrogen) atoms. The van der Waals surface area contributed by atoms with Crippen LogP contribution in [0.5, 0.6) is 0 Å². The van der Waals surface area contributed by atoms with Gasteiger partial charge in [0.15, 0.2) is 5.76 Å². The second-order valence-corrected chi connectivity index (χ2v) is 5.87. The van der Waals surface area contributed by atoms with Gasteiger partial charge in [0, 0.05) is 18.7 Å². The van der Waals surface area contributed by atoms with Crippen molar-refractivity contribution in [3.63, 3.8) is 0 Å². The molecule has 1 aromatic heterocycles. The van der Waals surface area contributed by atoms with Gasteiger partial charge in [0.05, 0.1) is 11.8 Å². The average molecular weight is 316 g/mol. The fourth-order valence-corrected chi connectivity index (χ4v) is 2.22. The van der Waals surface area contributed by atoms with Crippen molar-refractivity contribution in [3.8, 4) is 11.3 Å². The van der Waals surface area contributed by atoms with Crippen LogP contribution in [-0.4, -0.2) is 30.3 Å². The lowest BCUT2D eigenvalue weighted by atomic mass is 10.0. The summed E-state index contributed by atoms with van der Waals surface area (Å²) >= 11 is 0. The molecule has 0 fully saturated rings. The molecule has 0 radical (unpaired) electrons. The summed E-state index contributed by atoms with van der Waals surface area (Å²) in [4.78, 5) is 12.4. The van der Waals surface area contributed by atoms with Crippen LogP contribution in [0.1, 0.15) is 41.9 Å². The zero-order valence-corrected chi connectivity index (χ0v) is 14.2. The van der Waals surface area contributed by atoms with Crippen molar-refractivity contribution in [1.29, 1.82) is 0 Å². The molecule has 0 bridgehead atoms. The van der Waals surface area contributed by atoms with Gasteiger partial charge in [-0.15, -0.1) is 0 Å². The van der Waals surface area contributed by atoms with Crippen LogP contribution in [-0.2, 0) is 4.74 Å². The molecule has 0 atom stereocenters. The maximum Gasteiger partial charge on any atom is 0.257 e. The molecular weight excluding hydrogens is 292 g/mol. The van der Waals surface area contributed by atoms with E-state index in [0.717, 1.165) is 17.5 Å². The van der Waals surface area contributed by atoms with Crippen LogP contribution in [0.4, 0.5) is 0 Å². The first-order valence-electron chi connectivity index (χ1n) is 7.92. The lowest BCUT2D eigenvalue weighted by Crippen LogP contribution is -2.26. The van der Waals surface area contributed by atoms with Crippen molar-refractivity contribution >= 4 is 5.91 Å². The molecular formula is C18H24N2O3. The number of amides is 1. The number of nitrogens with zero attached hydrogens (tertiary/aromatic N) is 1. The number of aryl methyl sites for hydroxylation is 2. The molecule has 5 nitrogen and oxygen atoms in total. The fraction of sp³-hybridized carbons (Fsp3) is 0.444. The predicted molar refractivity (Wildman–Crippen MR) is 89.5 cm³/mol. The zero-order chi connectivity index (χ0) is 16.8. The monoisotopic (exact) mass is 316 g/mol. The molecule has 0 saturated carbocycles. The number of nitrogens with one attached hydrogen (secondary N) is 1. The minimum absolute atomic E-state index is 0.163. The third kappa shape index (κ3) is 4.66. The van der Waals surface area contributed by atoms with Gasteiger partial charge in [-0.3, -0.25) is 4.79 Å². The second-order valence-electron chi connectivity index (χ2n) is 5.87. The summed E-state index contributed by atoms with van der Waals surface area (Å²) in [5.41, 5.74) is 3.10. The summed E-state index contributed by atoms with van der Waals surface area (Å²) in [6.45, 7) is 8.97. The number of carbonyl (C=O) groups excluding carboxylic acids is 1. The maximum atomic E-state index is 12.4. The number of aromatic nitrogens is 1. The van der Waals surface area contributed by atoms with Crippen molar-refractivity contribution in [2.75, 3.05) is 13.2 Å². The van der Waals surface area contributed by atoms with Gasteiger partial charge in [-0.2, -0.15) is 0 Å². The molecule has 124 valence electrons. The Kier molecular flexibility index (Phi) is 5.93. The van der Waals surface area contributed by atoms with Crippen molar-refractivity contribution in [2.45, 2.75) is 40.2 Å². The van der Waals surface area contributed by atoms with E-state index in [9.17, 15) is 4.79 Å². The van der Waals surface area contributed by atoms with Gasteiger partial charge in [-0.25, -0.2) is 0 Å². The first-order valence-corrected chi connectivity index (χ1v) is 7.92. The molecule has 1 aromatic carbocycles. The van der Waals surface area contributed by atoms with E-state index in [4.69, 9.17) is 9.26 Å². The number of rotatable bonds is 7. The summed E-state index contributed by atoms with van der Waals surface area (Å²) < 4.78 is 10.8. The Morgan fingerprint density at radius 2 is 1.96 bits per heavy atom. The Balaban J connectivity index is 2.03. The predicted octanol–water partition coefficient (Wildman–Crippen LogP) is 3.50. The average Bonchev–Trinajstić information content (AvgIpc) is 2.89. The molecule has 0 saturated heterocycles. The van der Waals surface area contributed by atoms with Crippen LogP contribution >= 0.6 is 0 Å². The van der Waals surface area contributed by atoms with Gasteiger partial charge in [0.1, 0.15) is 5.56 Å². The first kappa shape index (κ1) is 17.2. The van der Waals surface area contributed by atoms with Gasteiger partial charge in [-0.1, -0.05) is 35.0 Å². The van der Waals surface area contributed by atoms with Crippen molar-refractivity contribution < 1.29 is 14.1 Å². The Hall–Kier alpha value is -2.14. The number of carbonyl (C=O) groups is 1. The Morgan fingerprint density at radius 3 is 2.61 bits per heavy atom. The first-order chi connectivity index (χ1) is 11.0. The third-order valence-electron chi connectivity index (χ3n) is 3.46. The van der Waals surface area contributed by atoms with Gasteiger partial charge in [0.2, 0.25) is 0 Å². The van der Waals surface area contributed by atoms with E-state index < -0.39 is 0 Å². The quantitative estimate of drug-likeness (QED) is 0.794. The highest BCUT2D eigenvalue weighted by Crippen LogP contribution is 2.26. The SMILES string of the molecule is Cc1ccc(-c2onc(C)c2C(=O)NCCCOC(C)C)cc1. The molecule has 0 unspecified atom stereocenters. The van der Waals surface area contributed by atoms with E-state index in [-0.39, 0.29) is 12.0 Å². The van der Waals surface area contributed by atoms with Crippen LogP contribution < -0.4 is 5.32 Å². The van der Waals surface area contributed by atoms with Crippen molar-refractivity contribution in [2.24, 2.45) is 0 Å². The van der Waals surface area contributed by atoms with E-state index in [1.165, 1.54) is 0 Å². The summed E-state index contributed by atoms with van der Waals surface area (Å²) in [6, 6.07) is 7.83. The van der Waals surface area contributed by atoms with Crippen LogP contribution in [0.3, 0.4) is 0 Å². The van der Waals surface area contributed by atoms with Crippen molar-refractivity contribution in [3.05, 3.63) is 41.1 Å². The highest BCUT2D eigenvalue weighted by atomic mass is 16.5. The normalized spacial score (nSPS) is 11.0. The Labute approximate surface area is 137 Å². The summed E-state index contributed by atoms with van der Waals surface area (Å²) in [6.07, 6.45) is 0.979. The standard InChI is InChI=1S/C18H24N2O3/c1-12(2)22-11-5-10-19-18(21)16-14(4)20-23-17(16)15-8-6-13(3)7-9-15/h6-9,12H,5,10-11H2,1-4H3,(H,19,21). The molecule has 1 heterocycles. The zero-order valence-electron chi connectivity index (χ0n) is 14.2. The third-order valence-corrected chi connectivity index (χ3v) is 3.46. The van der Waals surface area contributed by atoms with Crippen LogP contribution in [0.2, 0.25) is 0 Å². The molecule has 0 aliphatic heterocycles. The van der Waals surface area contributed by atoms with Crippen LogP contribution in [0.15, 0.2) is 28.8 Å². The molecule has 2 aromatic rings. The maximum absolute atomic E-state index is 12.4. The Bertz CT molecular complexity index is 645. The minimum atomic E-state index is -0.163. The molecule has 2 rings (SSSR count). The van der Waals surface area contributed by atoms with Crippen molar-refractivity contribution in [1.82, 2.24) is 10.5 Å². The molecule has 1 amide bonds. The fourth-order valence-electron chi connectivity index (χ4n) is 2.22. The molecule has 1 N–H and O–H groups in total. The van der Waals surface area contributed by atoms with Gasteiger partial charge in [0.25, 0.3) is 5.91 Å². The highest BCUT2D eigenvalue weighted by molar-refractivity contribution is 6.00. The van der Waals surface area contributed by atoms with Crippen LogP contribution in [0.25, 0.3) is 11.3 Å². The number of benzene rings is 1. The van der Waals surface area contributed by atoms with E-state index in [1.54, 1.807) is 6.92 Å². The highest BCUT2D eigenvalue weighted by Gasteiger charge is 2.21. The minimum Gasteiger partial charge on any atom is -0.379 e. The number of hydrogen-bond acceptors (Lipinski definition) is 4. The van der Waals surface area contributed by atoms with E-state index >= 15 is 0 Å². The Morgan fingerprint density at radius 1 is 1.26 bits per heavy atom. The van der Waals surface area contributed by atoms with E-state index in [2.05, 4.69) is 10.5 Å². The summed E-state index contributed by atoms with van der Waals surface area (Å²) in [5.74, 6) is 0.349. The lowest BCUT2D eigenvalue weighted by molar-refractivity contribution is 0.0757. The topological polar surface area (TPSA) is 64.4 Å². The van der Waals surface area contributed by atoms with Gasteiger partial charge >= 0.3 is 0 Å². The molecule has 0 aliphatic carbocycles. The molecule has 5 heteroatoms. The second kappa shape index (κ2) is 7.92. The van der Waals surface area contributed by atoms with E-state index in [1.807, 2.05) is 45.0 Å². The molecule has 0 spiro atoms. The van der Waals surface area contributed by atoms with Crippen LogP contribution in [0, 0.1) is 13.8 Å². The van der Waals surface area contributed by atoms with E-state index in [0.29, 0.717) is 30.2 Å². The smallest absolute Gasteiger partial charge is 0.257 e. The summed E-state index contributed by atoms with van der Waals surface area (Å²) in [5, 5.41) is 6.85. The number of hydrogen-bond donors (Lipinski definition) is 1. The largest absolute Gasteiger partial charge is 0.379 e.